The monoisotopic (exact) mass is 366 g/mol. The first-order valence-corrected chi connectivity index (χ1v) is 9.20. The van der Waals surface area contributed by atoms with E-state index in [0.717, 1.165) is 42.7 Å². The summed E-state index contributed by atoms with van der Waals surface area (Å²) in [5.74, 6) is 0.989. The van der Waals surface area contributed by atoms with Gasteiger partial charge in [-0.15, -0.1) is 0 Å². The topological polar surface area (TPSA) is 29.2 Å². The van der Waals surface area contributed by atoms with Crippen LogP contribution in [0.3, 0.4) is 0 Å². The Balaban J connectivity index is 1.70. The molecule has 0 spiro atoms. The van der Waals surface area contributed by atoms with E-state index in [2.05, 4.69) is 41.4 Å². The fourth-order valence-electron chi connectivity index (χ4n) is 3.12. The number of aromatic nitrogens is 2. The highest BCUT2D eigenvalue weighted by Crippen LogP contribution is 2.22. The van der Waals surface area contributed by atoms with Crippen LogP contribution < -0.4 is 9.58 Å². The van der Waals surface area contributed by atoms with Crippen LogP contribution in [0.2, 0.25) is 5.02 Å². The first-order valence-electron chi connectivity index (χ1n) is 8.82. The molecule has 0 aliphatic carbocycles. The SMILES string of the molecule is Clc1ccc(C[n+]2cc(-c3ccccc3)cc(N3CCOCC3)n2)cc1. The first kappa shape index (κ1) is 17.0. The van der Waals surface area contributed by atoms with Gasteiger partial charge in [0.25, 0.3) is 0 Å². The van der Waals surface area contributed by atoms with Crippen molar-refractivity contribution in [1.82, 2.24) is 5.10 Å². The average Bonchev–Trinajstić information content (AvgIpc) is 2.71. The second-order valence-electron chi connectivity index (χ2n) is 6.38. The zero-order valence-corrected chi connectivity index (χ0v) is 15.3. The lowest BCUT2D eigenvalue weighted by Crippen LogP contribution is -2.43. The number of halogens is 1. The molecule has 1 saturated heterocycles. The van der Waals surface area contributed by atoms with Gasteiger partial charge >= 0.3 is 0 Å². The van der Waals surface area contributed by atoms with Gasteiger partial charge in [-0.2, -0.15) is 0 Å². The minimum absolute atomic E-state index is 0.704. The third-order valence-electron chi connectivity index (χ3n) is 4.50. The quantitative estimate of drug-likeness (QED) is 0.661. The third kappa shape index (κ3) is 4.03. The first-order chi connectivity index (χ1) is 12.8. The molecule has 5 heteroatoms. The van der Waals surface area contributed by atoms with E-state index >= 15 is 0 Å². The minimum atomic E-state index is 0.704. The van der Waals surface area contributed by atoms with Crippen LogP contribution in [0.25, 0.3) is 11.1 Å². The van der Waals surface area contributed by atoms with Crippen molar-refractivity contribution in [1.29, 1.82) is 0 Å². The highest BCUT2D eigenvalue weighted by Gasteiger charge is 2.19. The Morgan fingerprint density at radius 3 is 2.42 bits per heavy atom. The summed E-state index contributed by atoms with van der Waals surface area (Å²) in [5, 5.41) is 5.60. The molecule has 2 heterocycles. The molecule has 4 rings (SSSR count). The maximum atomic E-state index is 6.01. The summed E-state index contributed by atoms with van der Waals surface area (Å²) in [5.41, 5.74) is 3.52. The summed E-state index contributed by atoms with van der Waals surface area (Å²) >= 11 is 6.01. The van der Waals surface area contributed by atoms with E-state index in [4.69, 9.17) is 21.4 Å². The molecule has 3 aromatic rings. The van der Waals surface area contributed by atoms with Gasteiger partial charge in [0.15, 0.2) is 12.4 Å². The zero-order valence-electron chi connectivity index (χ0n) is 14.5. The van der Waals surface area contributed by atoms with Crippen LogP contribution in [-0.4, -0.2) is 31.4 Å². The largest absolute Gasteiger partial charge is 0.378 e. The number of nitrogens with zero attached hydrogens (tertiary/aromatic N) is 3. The molecule has 2 aromatic carbocycles. The molecule has 132 valence electrons. The van der Waals surface area contributed by atoms with Gasteiger partial charge in [-0.05, 0) is 17.7 Å². The van der Waals surface area contributed by atoms with E-state index < -0.39 is 0 Å². The van der Waals surface area contributed by atoms with Gasteiger partial charge in [0.2, 0.25) is 6.20 Å². The molecular formula is C21H21ClN3O+. The smallest absolute Gasteiger partial charge is 0.204 e. The van der Waals surface area contributed by atoms with Crippen molar-refractivity contribution in [3.05, 3.63) is 77.4 Å². The number of morpholine rings is 1. The van der Waals surface area contributed by atoms with Crippen LogP contribution in [0.4, 0.5) is 5.82 Å². The lowest BCUT2D eigenvalue weighted by Gasteiger charge is -2.26. The Labute approximate surface area is 158 Å². The van der Waals surface area contributed by atoms with Gasteiger partial charge < -0.3 is 9.64 Å². The second kappa shape index (κ2) is 7.85. The number of hydrogen-bond donors (Lipinski definition) is 0. The second-order valence-corrected chi connectivity index (χ2v) is 6.81. The van der Waals surface area contributed by atoms with Crippen LogP contribution in [0.5, 0.6) is 0 Å². The fraction of sp³-hybridized carbons (Fsp3) is 0.238. The highest BCUT2D eigenvalue weighted by molar-refractivity contribution is 6.30. The maximum absolute atomic E-state index is 6.01. The van der Waals surface area contributed by atoms with Gasteiger partial charge in [0, 0.05) is 34.8 Å². The number of rotatable bonds is 4. The third-order valence-corrected chi connectivity index (χ3v) is 4.76. The molecule has 26 heavy (non-hydrogen) atoms. The van der Waals surface area contributed by atoms with Crippen molar-refractivity contribution in [2.45, 2.75) is 6.54 Å². The van der Waals surface area contributed by atoms with Crippen molar-refractivity contribution >= 4 is 17.4 Å². The van der Waals surface area contributed by atoms with Crippen LogP contribution >= 0.6 is 11.6 Å². The van der Waals surface area contributed by atoms with E-state index in [-0.39, 0.29) is 0 Å². The van der Waals surface area contributed by atoms with Gasteiger partial charge in [-0.25, -0.2) is 0 Å². The Kier molecular flexibility index (Phi) is 5.14. The standard InChI is InChI=1S/C21H21ClN3O/c22-20-8-6-17(7-9-20)15-25-16-19(18-4-2-1-3-5-18)14-21(23-25)24-10-12-26-13-11-24/h1-9,14,16H,10-13,15H2/q+1. The molecule has 0 radical (unpaired) electrons. The molecule has 0 unspecified atom stereocenters. The molecule has 0 N–H and O–H groups in total. The predicted octanol–water partition coefficient (Wildman–Crippen LogP) is 3.57. The average molecular weight is 367 g/mol. The molecule has 0 atom stereocenters. The minimum Gasteiger partial charge on any atom is -0.378 e. The molecule has 1 fully saturated rings. The fourth-order valence-corrected chi connectivity index (χ4v) is 3.25. The van der Waals surface area contributed by atoms with Gasteiger partial charge in [0.05, 0.1) is 18.8 Å². The summed E-state index contributed by atoms with van der Waals surface area (Å²) in [7, 11) is 0. The molecule has 1 aliphatic heterocycles. The molecular weight excluding hydrogens is 346 g/mol. The highest BCUT2D eigenvalue weighted by atomic mass is 35.5. The number of ether oxygens (including phenoxy) is 1. The molecule has 1 aromatic heterocycles. The summed E-state index contributed by atoms with van der Waals surface area (Å²) < 4.78 is 7.49. The van der Waals surface area contributed by atoms with E-state index in [1.54, 1.807) is 0 Å². The molecule has 0 bridgehead atoms. The number of benzene rings is 2. The van der Waals surface area contributed by atoms with Gasteiger partial charge in [-0.3, -0.25) is 0 Å². The number of anilines is 1. The Bertz CT molecular complexity index is 862. The van der Waals surface area contributed by atoms with Crippen molar-refractivity contribution in [3.63, 3.8) is 0 Å². The molecule has 0 amide bonds. The molecule has 1 aliphatic rings. The van der Waals surface area contributed by atoms with Crippen molar-refractivity contribution < 1.29 is 9.42 Å². The Hall–Kier alpha value is -2.43. The summed E-state index contributed by atoms with van der Waals surface area (Å²) in [6.07, 6.45) is 2.11. The van der Waals surface area contributed by atoms with E-state index in [9.17, 15) is 0 Å². The summed E-state index contributed by atoms with van der Waals surface area (Å²) in [6, 6.07) is 20.5. The molecule has 4 nitrogen and oxygen atoms in total. The van der Waals surface area contributed by atoms with Crippen molar-refractivity contribution in [2.75, 3.05) is 31.2 Å². The molecule has 0 saturated carbocycles. The Morgan fingerprint density at radius 2 is 1.69 bits per heavy atom. The van der Waals surface area contributed by atoms with Crippen molar-refractivity contribution in [3.8, 4) is 11.1 Å². The van der Waals surface area contributed by atoms with Gasteiger partial charge in [0.1, 0.15) is 0 Å². The normalized spacial score (nSPS) is 14.4. The van der Waals surface area contributed by atoms with Gasteiger partial charge in [-0.1, -0.05) is 58.7 Å². The van der Waals surface area contributed by atoms with Crippen molar-refractivity contribution in [2.24, 2.45) is 0 Å². The van der Waals surface area contributed by atoms with Crippen LogP contribution in [0.1, 0.15) is 5.56 Å². The Morgan fingerprint density at radius 1 is 0.962 bits per heavy atom. The predicted molar refractivity (Wildman–Crippen MR) is 103 cm³/mol. The van der Waals surface area contributed by atoms with E-state index in [0.29, 0.717) is 6.54 Å². The van der Waals surface area contributed by atoms with Crippen LogP contribution in [0.15, 0.2) is 66.9 Å². The van der Waals surface area contributed by atoms with Crippen LogP contribution in [-0.2, 0) is 11.3 Å². The lowest BCUT2D eigenvalue weighted by molar-refractivity contribution is -0.744. The maximum Gasteiger partial charge on any atom is 0.204 e. The summed E-state index contributed by atoms with van der Waals surface area (Å²) in [4.78, 5) is 2.29. The summed E-state index contributed by atoms with van der Waals surface area (Å²) in [6.45, 7) is 3.93. The lowest BCUT2D eigenvalue weighted by atomic mass is 10.1. The van der Waals surface area contributed by atoms with E-state index in [1.807, 2.05) is 35.0 Å². The van der Waals surface area contributed by atoms with Crippen LogP contribution in [0, 0.1) is 0 Å². The van der Waals surface area contributed by atoms with E-state index in [1.165, 1.54) is 11.1 Å². The zero-order chi connectivity index (χ0) is 17.8. The number of hydrogen-bond acceptors (Lipinski definition) is 3.